The van der Waals surface area contributed by atoms with Crippen LogP contribution in [0, 0.1) is 6.92 Å². The van der Waals surface area contributed by atoms with Gasteiger partial charge in [0, 0.05) is 41.3 Å². The number of H-pyrrole nitrogens is 1. The number of carbonyl (C=O) groups excluding carboxylic acids is 1. The van der Waals surface area contributed by atoms with E-state index in [1.165, 1.54) is 0 Å². The molecule has 7 heteroatoms. The van der Waals surface area contributed by atoms with Crippen molar-refractivity contribution in [2.24, 2.45) is 7.05 Å². The number of nitrogens with one attached hydrogen (secondary N) is 1. The number of fused-ring (bicyclic) bond motifs is 1. The SMILES string of the molecule is Cc1nn(C)cc1C1CCCN1C(=O)c1[nH]c2ccc(Cl)cc2c1Cl. The number of amides is 1. The van der Waals surface area contributed by atoms with Gasteiger partial charge < -0.3 is 9.88 Å². The molecule has 25 heavy (non-hydrogen) atoms. The Hall–Kier alpha value is -1.98. The molecule has 1 N–H and O–H groups in total. The van der Waals surface area contributed by atoms with E-state index >= 15 is 0 Å². The van der Waals surface area contributed by atoms with Crippen LogP contribution < -0.4 is 0 Å². The minimum Gasteiger partial charge on any atom is -0.349 e. The molecule has 2 aromatic heterocycles. The number of rotatable bonds is 2. The molecule has 130 valence electrons. The van der Waals surface area contributed by atoms with Crippen molar-refractivity contribution >= 4 is 40.0 Å². The number of halogens is 2. The van der Waals surface area contributed by atoms with Gasteiger partial charge in [-0.2, -0.15) is 5.10 Å². The van der Waals surface area contributed by atoms with Crippen LogP contribution in [0.4, 0.5) is 0 Å². The first kappa shape index (κ1) is 16.5. The molecule has 0 saturated carbocycles. The fraction of sp³-hybridized carbons (Fsp3) is 0.333. The molecule has 1 amide bonds. The van der Waals surface area contributed by atoms with Gasteiger partial charge in [-0.25, -0.2) is 0 Å². The second kappa shape index (κ2) is 6.07. The van der Waals surface area contributed by atoms with E-state index in [-0.39, 0.29) is 11.9 Å². The van der Waals surface area contributed by atoms with Gasteiger partial charge in [0.1, 0.15) is 5.69 Å². The van der Waals surface area contributed by atoms with E-state index in [4.69, 9.17) is 23.2 Å². The number of nitrogens with zero attached hydrogens (tertiary/aromatic N) is 3. The number of hydrogen-bond acceptors (Lipinski definition) is 2. The van der Waals surface area contributed by atoms with Crippen molar-refractivity contribution in [1.82, 2.24) is 19.7 Å². The number of benzene rings is 1. The molecular weight excluding hydrogens is 359 g/mol. The van der Waals surface area contributed by atoms with Crippen LogP contribution in [0.2, 0.25) is 10.0 Å². The Morgan fingerprint density at radius 2 is 2.16 bits per heavy atom. The van der Waals surface area contributed by atoms with E-state index in [1.807, 2.05) is 31.1 Å². The molecule has 4 rings (SSSR count). The molecule has 1 aliphatic rings. The minimum atomic E-state index is -0.0805. The van der Waals surface area contributed by atoms with Crippen LogP contribution >= 0.6 is 23.2 Å². The van der Waals surface area contributed by atoms with Gasteiger partial charge in [0.15, 0.2) is 0 Å². The average Bonchev–Trinajstić information content (AvgIpc) is 3.25. The summed E-state index contributed by atoms with van der Waals surface area (Å²) in [7, 11) is 1.90. The third kappa shape index (κ3) is 2.71. The molecule has 1 saturated heterocycles. The van der Waals surface area contributed by atoms with E-state index < -0.39 is 0 Å². The second-order valence-electron chi connectivity index (χ2n) is 6.50. The summed E-state index contributed by atoms with van der Waals surface area (Å²) in [5.41, 5.74) is 3.30. The molecule has 1 fully saturated rings. The third-order valence-corrected chi connectivity index (χ3v) is 5.46. The molecule has 0 radical (unpaired) electrons. The Bertz CT molecular complexity index is 975. The smallest absolute Gasteiger partial charge is 0.272 e. The number of carbonyl (C=O) groups is 1. The molecule has 5 nitrogen and oxygen atoms in total. The molecule has 1 aromatic carbocycles. The van der Waals surface area contributed by atoms with E-state index in [1.54, 1.807) is 16.8 Å². The van der Waals surface area contributed by atoms with Gasteiger partial charge in [-0.1, -0.05) is 23.2 Å². The lowest BCUT2D eigenvalue weighted by molar-refractivity contribution is 0.0730. The highest BCUT2D eigenvalue weighted by atomic mass is 35.5. The first-order valence-corrected chi connectivity index (χ1v) is 8.99. The Balaban J connectivity index is 1.73. The number of aromatic amines is 1. The first-order valence-electron chi connectivity index (χ1n) is 8.23. The molecule has 0 aliphatic carbocycles. The topological polar surface area (TPSA) is 53.9 Å². The summed E-state index contributed by atoms with van der Waals surface area (Å²) in [6, 6.07) is 5.43. The van der Waals surface area contributed by atoms with Crippen molar-refractivity contribution in [1.29, 1.82) is 0 Å². The lowest BCUT2D eigenvalue weighted by Gasteiger charge is -2.24. The number of aryl methyl sites for hydroxylation is 2. The number of aromatic nitrogens is 3. The lowest BCUT2D eigenvalue weighted by atomic mass is 10.1. The van der Waals surface area contributed by atoms with Crippen LogP contribution in [0.3, 0.4) is 0 Å². The third-order valence-electron chi connectivity index (χ3n) is 4.84. The predicted molar refractivity (Wildman–Crippen MR) is 99.3 cm³/mol. The largest absolute Gasteiger partial charge is 0.349 e. The molecule has 0 bridgehead atoms. The van der Waals surface area contributed by atoms with Crippen molar-refractivity contribution in [3.05, 3.63) is 51.4 Å². The van der Waals surface area contributed by atoms with Crippen molar-refractivity contribution in [2.45, 2.75) is 25.8 Å². The molecule has 1 unspecified atom stereocenters. The van der Waals surface area contributed by atoms with Crippen LogP contribution in [0.25, 0.3) is 10.9 Å². The van der Waals surface area contributed by atoms with Crippen LogP contribution in [0.5, 0.6) is 0 Å². The molecule has 3 heterocycles. The van der Waals surface area contributed by atoms with Crippen LogP contribution in [-0.2, 0) is 7.05 Å². The Morgan fingerprint density at radius 3 is 2.88 bits per heavy atom. The molecular formula is C18H18Cl2N4O. The van der Waals surface area contributed by atoms with Crippen molar-refractivity contribution < 1.29 is 4.79 Å². The van der Waals surface area contributed by atoms with E-state index in [9.17, 15) is 4.79 Å². The minimum absolute atomic E-state index is 0.0345. The van der Waals surface area contributed by atoms with Crippen LogP contribution in [0.15, 0.2) is 24.4 Å². The first-order chi connectivity index (χ1) is 12.0. The zero-order valence-corrected chi connectivity index (χ0v) is 15.5. The summed E-state index contributed by atoms with van der Waals surface area (Å²) >= 11 is 12.5. The van der Waals surface area contributed by atoms with E-state index in [0.717, 1.165) is 35.0 Å². The zero-order valence-electron chi connectivity index (χ0n) is 14.0. The highest BCUT2D eigenvalue weighted by Crippen LogP contribution is 2.37. The highest BCUT2D eigenvalue weighted by Gasteiger charge is 2.34. The maximum atomic E-state index is 13.2. The van der Waals surface area contributed by atoms with Gasteiger partial charge in [-0.3, -0.25) is 9.48 Å². The fourth-order valence-electron chi connectivity index (χ4n) is 3.70. The zero-order chi connectivity index (χ0) is 17.7. The van der Waals surface area contributed by atoms with Gasteiger partial charge in [-0.15, -0.1) is 0 Å². The summed E-state index contributed by atoms with van der Waals surface area (Å²) in [4.78, 5) is 18.2. The predicted octanol–water partition coefficient (Wildman–Crippen LogP) is 4.49. The maximum absolute atomic E-state index is 13.2. The van der Waals surface area contributed by atoms with Crippen LogP contribution in [-0.4, -0.2) is 32.1 Å². The molecule has 1 aliphatic heterocycles. The molecule has 0 spiro atoms. The fourth-order valence-corrected chi connectivity index (χ4v) is 4.16. The summed E-state index contributed by atoms with van der Waals surface area (Å²) in [6.07, 6.45) is 3.90. The van der Waals surface area contributed by atoms with Gasteiger partial charge >= 0.3 is 0 Å². The summed E-state index contributed by atoms with van der Waals surface area (Å²) in [5, 5.41) is 6.21. The van der Waals surface area contributed by atoms with Gasteiger partial charge in [0.05, 0.1) is 16.8 Å². The normalized spacial score (nSPS) is 17.6. The summed E-state index contributed by atoms with van der Waals surface area (Å²) in [6.45, 7) is 2.69. The van der Waals surface area contributed by atoms with E-state index in [0.29, 0.717) is 22.3 Å². The van der Waals surface area contributed by atoms with Crippen molar-refractivity contribution in [3.8, 4) is 0 Å². The maximum Gasteiger partial charge on any atom is 0.272 e. The van der Waals surface area contributed by atoms with E-state index in [2.05, 4.69) is 10.1 Å². The summed E-state index contributed by atoms with van der Waals surface area (Å²) < 4.78 is 1.80. The van der Waals surface area contributed by atoms with Crippen molar-refractivity contribution in [2.75, 3.05) is 6.54 Å². The number of hydrogen-bond donors (Lipinski definition) is 1. The number of likely N-dealkylation sites (tertiary alicyclic amines) is 1. The molecule has 3 aromatic rings. The van der Waals surface area contributed by atoms with Gasteiger partial charge in [0.2, 0.25) is 0 Å². The second-order valence-corrected chi connectivity index (χ2v) is 7.32. The Morgan fingerprint density at radius 1 is 1.36 bits per heavy atom. The van der Waals surface area contributed by atoms with Crippen LogP contribution in [0.1, 0.15) is 40.6 Å². The quantitative estimate of drug-likeness (QED) is 0.715. The Kier molecular flexibility index (Phi) is 4.01. The van der Waals surface area contributed by atoms with Gasteiger partial charge in [0.25, 0.3) is 5.91 Å². The molecule has 1 atom stereocenters. The highest BCUT2D eigenvalue weighted by molar-refractivity contribution is 6.39. The lowest BCUT2D eigenvalue weighted by Crippen LogP contribution is -2.31. The van der Waals surface area contributed by atoms with Gasteiger partial charge in [-0.05, 0) is 38.0 Å². The average molecular weight is 377 g/mol. The van der Waals surface area contributed by atoms with Crippen molar-refractivity contribution in [3.63, 3.8) is 0 Å². The monoisotopic (exact) mass is 376 g/mol. The summed E-state index contributed by atoms with van der Waals surface area (Å²) in [5.74, 6) is -0.0805. The standard InChI is InChI=1S/C18H18Cl2N4O/c1-10-13(9-23(2)22-10)15-4-3-7-24(15)18(25)17-16(20)12-8-11(19)5-6-14(12)21-17/h5-6,8-9,15,21H,3-4,7H2,1-2H3. The Labute approximate surface area is 155 Å².